The van der Waals surface area contributed by atoms with Crippen LogP contribution in [0.25, 0.3) is 5.65 Å². The van der Waals surface area contributed by atoms with Crippen molar-refractivity contribution < 1.29 is 0 Å². The van der Waals surface area contributed by atoms with Crippen molar-refractivity contribution in [2.45, 2.75) is 20.3 Å². The first-order chi connectivity index (χ1) is 6.22. The Labute approximate surface area is 84.9 Å². The summed E-state index contributed by atoms with van der Waals surface area (Å²) in [6.45, 7) is 4.09. The molecule has 2 aromatic rings. The standard InChI is InChI=1S/C9H10BrN3/c1-3-7-8(10)9-11-4-6(2)5-13(9)12-7/h4-5H,3H2,1-2H3. The van der Waals surface area contributed by atoms with Crippen molar-refractivity contribution >= 4 is 21.6 Å². The Bertz CT molecular complexity index is 447. The molecule has 2 rings (SSSR count). The predicted molar refractivity (Wildman–Crippen MR) is 54.8 cm³/mol. The summed E-state index contributed by atoms with van der Waals surface area (Å²) in [5, 5.41) is 4.40. The average Bonchev–Trinajstić information content (AvgIpc) is 2.42. The highest BCUT2D eigenvalue weighted by atomic mass is 79.9. The Morgan fingerprint density at radius 3 is 3.00 bits per heavy atom. The fourth-order valence-electron chi connectivity index (χ4n) is 1.27. The third kappa shape index (κ3) is 1.35. The molecule has 0 radical (unpaired) electrons. The first-order valence-electron chi connectivity index (χ1n) is 4.21. The van der Waals surface area contributed by atoms with E-state index in [1.165, 1.54) is 0 Å². The monoisotopic (exact) mass is 239 g/mol. The number of aryl methyl sites for hydroxylation is 2. The van der Waals surface area contributed by atoms with Crippen molar-refractivity contribution in [2.75, 3.05) is 0 Å². The van der Waals surface area contributed by atoms with Crippen LogP contribution >= 0.6 is 15.9 Å². The second-order valence-electron chi connectivity index (χ2n) is 3.01. The fraction of sp³-hybridized carbons (Fsp3) is 0.333. The van der Waals surface area contributed by atoms with Crippen molar-refractivity contribution in [2.24, 2.45) is 0 Å². The van der Waals surface area contributed by atoms with Gasteiger partial charge in [-0.3, -0.25) is 0 Å². The second-order valence-corrected chi connectivity index (χ2v) is 3.81. The topological polar surface area (TPSA) is 30.2 Å². The van der Waals surface area contributed by atoms with Crippen LogP contribution in [-0.2, 0) is 6.42 Å². The summed E-state index contributed by atoms with van der Waals surface area (Å²) in [4.78, 5) is 4.30. The second kappa shape index (κ2) is 3.10. The molecule has 0 saturated carbocycles. The van der Waals surface area contributed by atoms with Gasteiger partial charge in [0.1, 0.15) is 0 Å². The number of nitrogens with zero attached hydrogens (tertiary/aromatic N) is 3. The Kier molecular flexibility index (Phi) is 2.07. The minimum absolute atomic E-state index is 0.891. The molecule has 0 unspecified atom stereocenters. The molecule has 0 aromatic carbocycles. The van der Waals surface area contributed by atoms with Crippen LogP contribution in [0.5, 0.6) is 0 Å². The van der Waals surface area contributed by atoms with Crippen LogP contribution in [0, 0.1) is 6.92 Å². The smallest absolute Gasteiger partial charge is 0.169 e. The molecule has 0 N–H and O–H groups in total. The summed E-state index contributed by atoms with van der Waals surface area (Å²) >= 11 is 3.49. The van der Waals surface area contributed by atoms with Gasteiger partial charge >= 0.3 is 0 Å². The highest BCUT2D eigenvalue weighted by Gasteiger charge is 2.08. The SMILES string of the molecule is CCc1nn2cc(C)cnc2c1Br. The molecular weight excluding hydrogens is 230 g/mol. The molecule has 2 heterocycles. The Hall–Kier alpha value is -0.900. The van der Waals surface area contributed by atoms with Gasteiger partial charge in [0.2, 0.25) is 0 Å². The predicted octanol–water partition coefficient (Wildman–Crippen LogP) is 2.36. The average molecular weight is 240 g/mol. The minimum Gasteiger partial charge on any atom is -0.236 e. The lowest BCUT2D eigenvalue weighted by atomic mass is 10.3. The number of halogens is 1. The van der Waals surface area contributed by atoms with E-state index in [0.29, 0.717) is 0 Å². The molecule has 0 amide bonds. The molecule has 0 fully saturated rings. The van der Waals surface area contributed by atoms with Crippen molar-refractivity contribution in [3.63, 3.8) is 0 Å². The van der Waals surface area contributed by atoms with E-state index < -0.39 is 0 Å². The molecule has 0 spiro atoms. The third-order valence-electron chi connectivity index (χ3n) is 1.95. The molecule has 0 aliphatic rings. The van der Waals surface area contributed by atoms with Gasteiger partial charge in [-0.15, -0.1) is 0 Å². The van der Waals surface area contributed by atoms with Crippen molar-refractivity contribution in [3.05, 3.63) is 28.1 Å². The highest BCUT2D eigenvalue weighted by Crippen LogP contribution is 2.21. The zero-order valence-corrected chi connectivity index (χ0v) is 9.17. The van der Waals surface area contributed by atoms with E-state index >= 15 is 0 Å². The molecule has 13 heavy (non-hydrogen) atoms. The van der Waals surface area contributed by atoms with Gasteiger partial charge in [0.15, 0.2) is 5.65 Å². The molecule has 0 saturated heterocycles. The molecule has 2 aromatic heterocycles. The van der Waals surface area contributed by atoms with Gasteiger partial charge in [-0.2, -0.15) is 5.10 Å². The largest absolute Gasteiger partial charge is 0.236 e. The third-order valence-corrected chi connectivity index (χ3v) is 2.76. The number of aromatic nitrogens is 3. The summed E-state index contributed by atoms with van der Waals surface area (Å²) in [5.41, 5.74) is 3.06. The summed E-state index contributed by atoms with van der Waals surface area (Å²) in [6, 6.07) is 0. The first-order valence-corrected chi connectivity index (χ1v) is 5.01. The van der Waals surface area contributed by atoms with E-state index in [2.05, 4.69) is 32.9 Å². The summed E-state index contributed by atoms with van der Waals surface area (Å²) in [6.07, 6.45) is 4.75. The lowest BCUT2D eigenvalue weighted by molar-refractivity contribution is 0.879. The zero-order chi connectivity index (χ0) is 9.42. The Balaban J connectivity index is 2.76. The molecule has 3 nitrogen and oxygen atoms in total. The molecule has 68 valence electrons. The van der Waals surface area contributed by atoms with E-state index in [4.69, 9.17) is 0 Å². The zero-order valence-electron chi connectivity index (χ0n) is 7.58. The number of hydrogen-bond acceptors (Lipinski definition) is 2. The van der Waals surface area contributed by atoms with Crippen molar-refractivity contribution in [1.29, 1.82) is 0 Å². The van der Waals surface area contributed by atoms with E-state index in [1.807, 2.05) is 23.8 Å². The van der Waals surface area contributed by atoms with E-state index in [1.54, 1.807) is 0 Å². The highest BCUT2D eigenvalue weighted by molar-refractivity contribution is 9.10. The van der Waals surface area contributed by atoms with Crippen LogP contribution in [0.4, 0.5) is 0 Å². The fourth-order valence-corrected chi connectivity index (χ4v) is 1.92. The van der Waals surface area contributed by atoms with Gasteiger partial charge in [0, 0.05) is 12.4 Å². The maximum atomic E-state index is 4.40. The Morgan fingerprint density at radius 2 is 2.31 bits per heavy atom. The molecule has 0 aliphatic heterocycles. The van der Waals surface area contributed by atoms with Gasteiger partial charge in [-0.25, -0.2) is 9.50 Å². The molecule has 0 aliphatic carbocycles. The van der Waals surface area contributed by atoms with Gasteiger partial charge in [-0.05, 0) is 34.8 Å². The van der Waals surface area contributed by atoms with Gasteiger partial charge in [-0.1, -0.05) is 6.92 Å². The summed E-state index contributed by atoms with van der Waals surface area (Å²) < 4.78 is 2.83. The minimum atomic E-state index is 0.891. The van der Waals surface area contributed by atoms with Crippen LogP contribution in [0.3, 0.4) is 0 Å². The number of fused-ring (bicyclic) bond motifs is 1. The molecular formula is C9H10BrN3. The van der Waals surface area contributed by atoms with E-state index in [-0.39, 0.29) is 0 Å². The van der Waals surface area contributed by atoms with Crippen LogP contribution in [0.2, 0.25) is 0 Å². The van der Waals surface area contributed by atoms with Gasteiger partial charge < -0.3 is 0 Å². The van der Waals surface area contributed by atoms with E-state index in [0.717, 1.165) is 27.8 Å². The van der Waals surface area contributed by atoms with E-state index in [9.17, 15) is 0 Å². The quantitative estimate of drug-likeness (QED) is 0.765. The van der Waals surface area contributed by atoms with Crippen LogP contribution in [0.15, 0.2) is 16.9 Å². The van der Waals surface area contributed by atoms with Crippen LogP contribution < -0.4 is 0 Å². The Morgan fingerprint density at radius 1 is 1.54 bits per heavy atom. The van der Waals surface area contributed by atoms with Crippen molar-refractivity contribution in [3.8, 4) is 0 Å². The first kappa shape index (κ1) is 8.69. The lowest BCUT2D eigenvalue weighted by Gasteiger charge is -1.92. The van der Waals surface area contributed by atoms with Crippen LogP contribution in [0.1, 0.15) is 18.2 Å². The summed E-state index contributed by atoms with van der Waals surface area (Å²) in [5.74, 6) is 0. The normalized spacial score (nSPS) is 11.0. The maximum absolute atomic E-state index is 4.40. The van der Waals surface area contributed by atoms with Crippen molar-refractivity contribution in [1.82, 2.24) is 14.6 Å². The summed E-state index contributed by atoms with van der Waals surface area (Å²) in [7, 11) is 0. The molecule has 0 bridgehead atoms. The number of rotatable bonds is 1. The molecule has 0 atom stereocenters. The number of hydrogen-bond donors (Lipinski definition) is 0. The van der Waals surface area contributed by atoms with Crippen LogP contribution in [-0.4, -0.2) is 14.6 Å². The van der Waals surface area contributed by atoms with Gasteiger partial charge in [0.25, 0.3) is 0 Å². The lowest BCUT2D eigenvalue weighted by Crippen LogP contribution is -1.90. The van der Waals surface area contributed by atoms with Gasteiger partial charge in [0.05, 0.1) is 10.2 Å². The maximum Gasteiger partial charge on any atom is 0.169 e. The molecule has 4 heteroatoms.